The van der Waals surface area contributed by atoms with E-state index in [9.17, 15) is 18.7 Å². The minimum Gasteiger partial charge on any atom is -0.474 e. The van der Waals surface area contributed by atoms with Crippen LogP contribution < -0.4 is 15.0 Å². The number of imidazole rings is 1. The predicted molar refractivity (Wildman–Crippen MR) is 143 cm³/mol. The number of hydrogen-bond acceptors (Lipinski definition) is 8. The third kappa shape index (κ3) is 5.73. The zero-order valence-electron chi connectivity index (χ0n) is 22.2. The summed E-state index contributed by atoms with van der Waals surface area (Å²) in [6, 6.07) is 8.55. The first-order valence-electron chi connectivity index (χ1n) is 14.1. The van der Waals surface area contributed by atoms with E-state index in [0.717, 1.165) is 12.8 Å². The van der Waals surface area contributed by atoms with Crippen molar-refractivity contribution in [2.24, 2.45) is 5.92 Å². The van der Waals surface area contributed by atoms with Gasteiger partial charge in [0.2, 0.25) is 17.7 Å². The molecule has 12 heteroatoms. The number of morpholine rings is 1. The van der Waals surface area contributed by atoms with Crippen LogP contribution in [0.2, 0.25) is 0 Å². The van der Waals surface area contributed by atoms with Gasteiger partial charge in [0, 0.05) is 37.5 Å². The third-order valence-corrected chi connectivity index (χ3v) is 8.07. The van der Waals surface area contributed by atoms with Gasteiger partial charge >= 0.3 is 0 Å². The van der Waals surface area contributed by atoms with E-state index in [1.807, 2.05) is 4.90 Å². The van der Waals surface area contributed by atoms with Crippen LogP contribution >= 0.6 is 0 Å². The van der Waals surface area contributed by atoms with Gasteiger partial charge in [-0.05, 0) is 50.7 Å². The molecule has 6 rings (SSSR count). The normalized spacial score (nSPS) is 25.4. The molecule has 3 fully saturated rings. The number of benzene rings is 1. The smallest absolute Gasteiger partial charge is 0.296 e. The number of aliphatic hydroxyl groups is 1. The number of fused-ring (bicyclic) bond motifs is 1. The van der Waals surface area contributed by atoms with Crippen LogP contribution in [0.25, 0.3) is 16.9 Å². The Balaban J connectivity index is 1.24. The molecule has 1 amide bonds. The number of carbonyl (C=O) groups excluding carboxylic acids is 1. The molecule has 2 aromatic heterocycles. The van der Waals surface area contributed by atoms with Crippen molar-refractivity contribution < 1.29 is 28.2 Å². The standard InChI is InChI=1S/C28H34F2N6O4/c29-25(30)26-32-21-3-1-2-4-22(21)36(26)23-16-24(34-28(33-23)35-11-13-39-14-12-35)40-20-10-7-18(15-20)31-27(38)17-5-8-19(37)9-6-17/h1-4,16-20,25,37H,5-15H2,(H,31,38)/t17?,18-,19?,20-/m0/s1. The average molecular weight is 557 g/mol. The molecule has 3 aromatic rings. The maximum Gasteiger partial charge on any atom is 0.296 e. The lowest BCUT2D eigenvalue weighted by atomic mass is 9.87. The number of anilines is 1. The van der Waals surface area contributed by atoms with Crippen molar-refractivity contribution in [3.8, 4) is 11.7 Å². The first kappa shape index (κ1) is 26.8. The van der Waals surface area contributed by atoms with Crippen LogP contribution in [0.3, 0.4) is 0 Å². The fourth-order valence-corrected chi connectivity index (χ4v) is 5.92. The van der Waals surface area contributed by atoms with Crippen LogP contribution in [0.1, 0.15) is 57.2 Å². The second-order valence-corrected chi connectivity index (χ2v) is 10.8. The van der Waals surface area contributed by atoms with Crippen molar-refractivity contribution in [1.29, 1.82) is 0 Å². The van der Waals surface area contributed by atoms with Gasteiger partial charge in [-0.25, -0.2) is 13.8 Å². The number of aromatic nitrogens is 4. The molecule has 2 saturated carbocycles. The van der Waals surface area contributed by atoms with Crippen LogP contribution in [0.5, 0.6) is 5.88 Å². The second kappa shape index (κ2) is 11.6. The molecular weight excluding hydrogens is 522 g/mol. The Bertz CT molecular complexity index is 1340. The number of carbonyl (C=O) groups is 1. The highest BCUT2D eigenvalue weighted by Gasteiger charge is 2.32. The molecule has 40 heavy (non-hydrogen) atoms. The Kier molecular flexibility index (Phi) is 7.79. The van der Waals surface area contributed by atoms with Crippen molar-refractivity contribution in [2.75, 3.05) is 31.2 Å². The Morgan fingerprint density at radius 3 is 2.60 bits per heavy atom. The monoisotopic (exact) mass is 556 g/mol. The zero-order chi connectivity index (χ0) is 27.6. The molecule has 2 atom stereocenters. The largest absolute Gasteiger partial charge is 0.474 e. The number of hydrogen-bond donors (Lipinski definition) is 2. The van der Waals surface area contributed by atoms with E-state index >= 15 is 0 Å². The number of rotatable bonds is 7. The van der Waals surface area contributed by atoms with Crippen molar-refractivity contribution in [1.82, 2.24) is 24.8 Å². The first-order valence-corrected chi connectivity index (χ1v) is 14.1. The lowest BCUT2D eigenvalue weighted by Crippen LogP contribution is -2.39. The van der Waals surface area contributed by atoms with Gasteiger partial charge in [0.25, 0.3) is 6.43 Å². The van der Waals surface area contributed by atoms with Gasteiger partial charge in [0.1, 0.15) is 11.9 Å². The van der Waals surface area contributed by atoms with E-state index in [0.29, 0.717) is 81.3 Å². The lowest BCUT2D eigenvalue weighted by Gasteiger charge is -2.27. The quantitative estimate of drug-likeness (QED) is 0.454. The van der Waals surface area contributed by atoms with Gasteiger partial charge in [0.15, 0.2) is 5.82 Å². The number of alkyl halides is 2. The summed E-state index contributed by atoms with van der Waals surface area (Å²) in [5, 5.41) is 12.9. The summed E-state index contributed by atoms with van der Waals surface area (Å²) >= 11 is 0. The van der Waals surface area contributed by atoms with Crippen LogP contribution in [0.4, 0.5) is 14.7 Å². The number of nitrogens with zero attached hydrogens (tertiary/aromatic N) is 5. The molecule has 0 spiro atoms. The molecule has 2 aliphatic carbocycles. The molecule has 0 bridgehead atoms. The summed E-state index contributed by atoms with van der Waals surface area (Å²) in [6.07, 6.45) is 1.59. The predicted octanol–water partition coefficient (Wildman–Crippen LogP) is 3.56. The summed E-state index contributed by atoms with van der Waals surface area (Å²) in [5.74, 6) is 0.537. The maximum atomic E-state index is 14.1. The SMILES string of the molecule is O=C(N[C@H]1CC[C@H](Oc2cc(-n3c(C(F)F)nc4ccccc43)nc(N3CCOCC3)n2)C1)C1CCC(O)CC1. The highest BCUT2D eigenvalue weighted by molar-refractivity contribution is 5.79. The summed E-state index contributed by atoms with van der Waals surface area (Å²) < 4.78 is 41.4. The Morgan fingerprint density at radius 2 is 1.82 bits per heavy atom. The molecule has 3 aliphatic rings. The molecular formula is C28H34F2N6O4. The Labute approximate surface area is 230 Å². The molecule has 1 aliphatic heterocycles. The topological polar surface area (TPSA) is 115 Å². The first-order chi connectivity index (χ1) is 19.4. The van der Waals surface area contributed by atoms with Gasteiger partial charge in [-0.15, -0.1) is 0 Å². The fraction of sp³-hybridized carbons (Fsp3) is 0.571. The van der Waals surface area contributed by atoms with Crippen LogP contribution in [-0.2, 0) is 9.53 Å². The van der Waals surface area contributed by atoms with Gasteiger partial charge in [-0.3, -0.25) is 9.36 Å². The van der Waals surface area contributed by atoms with Crippen molar-refractivity contribution in [3.63, 3.8) is 0 Å². The summed E-state index contributed by atoms with van der Waals surface area (Å²) in [5.41, 5.74) is 0.975. The van der Waals surface area contributed by atoms with Gasteiger partial charge < -0.3 is 24.8 Å². The van der Waals surface area contributed by atoms with Crippen LogP contribution in [0.15, 0.2) is 30.3 Å². The van der Waals surface area contributed by atoms with E-state index in [2.05, 4.69) is 20.3 Å². The molecule has 0 unspecified atom stereocenters. The van der Waals surface area contributed by atoms with Crippen LogP contribution in [-0.4, -0.2) is 75.1 Å². The molecule has 10 nitrogen and oxygen atoms in total. The van der Waals surface area contributed by atoms with Crippen molar-refractivity contribution >= 4 is 22.9 Å². The van der Waals surface area contributed by atoms with Gasteiger partial charge in [-0.1, -0.05) is 12.1 Å². The van der Waals surface area contributed by atoms with Crippen LogP contribution in [0, 0.1) is 5.92 Å². The lowest BCUT2D eigenvalue weighted by molar-refractivity contribution is -0.127. The Hall–Kier alpha value is -3.38. The number of ether oxygens (including phenoxy) is 2. The van der Waals surface area contributed by atoms with E-state index < -0.39 is 12.2 Å². The minimum absolute atomic E-state index is 0.00704. The molecule has 3 heterocycles. The molecule has 1 aromatic carbocycles. The summed E-state index contributed by atoms with van der Waals surface area (Å²) in [4.78, 5) is 28.2. The third-order valence-electron chi connectivity index (χ3n) is 8.07. The minimum atomic E-state index is -2.80. The molecule has 0 radical (unpaired) electrons. The van der Waals surface area contributed by atoms with Crippen molar-refractivity contribution in [2.45, 2.75) is 69.6 Å². The summed E-state index contributed by atoms with van der Waals surface area (Å²) in [6.45, 7) is 2.18. The molecule has 1 saturated heterocycles. The highest BCUT2D eigenvalue weighted by Crippen LogP contribution is 2.32. The maximum absolute atomic E-state index is 14.1. The summed E-state index contributed by atoms with van der Waals surface area (Å²) in [7, 11) is 0. The van der Waals surface area contributed by atoms with E-state index in [1.54, 1.807) is 30.3 Å². The van der Waals surface area contributed by atoms with Gasteiger partial charge in [-0.2, -0.15) is 9.97 Å². The van der Waals surface area contributed by atoms with E-state index in [1.165, 1.54) is 4.57 Å². The molecule has 2 N–H and O–H groups in total. The average Bonchev–Trinajstić information content (AvgIpc) is 3.58. The van der Waals surface area contributed by atoms with Gasteiger partial charge in [0.05, 0.1) is 30.4 Å². The zero-order valence-corrected chi connectivity index (χ0v) is 22.2. The van der Waals surface area contributed by atoms with E-state index in [-0.39, 0.29) is 35.9 Å². The number of aliphatic hydroxyl groups excluding tert-OH is 1. The van der Waals surface area contributed by atoms with E-state index in [4.69, 9.17) is 9.47 Å². The Morgan fingerprint density at radius 1 is 1.05 bits per heavy atom. The number of amides is 1. The fourth-order valence-electron chi connectivity index (χ4n) is 5.92. The number of nitrogens with one attached hydrogen (secondary N) is 1. The second-order valence-electron chi connectivity index (χ2n) is 10.8. The number of para-hydroxylation sites is 2. The number of halogens is 2. The molecule has 214 valence electrons. The van der Waals surface area contributed by atoms with Crippen molar-refractivity contribution in [3.05, 3.63) is 36.2 Å². The highest BCUT2D eigenvalue weighted by atomic mass is 19.3.